The first-order valence-electron chi connectivity index (χ1n) is 14.6. The minimum Gasteiger partial charge on any atom is -0.336 e. The van der Waals surface area contributed by atoms with Gasteiger partial charge in [0.1, 0.15) is 11.4 Å². The first-order chi connectivity index (χ1) is 18.6. The molecule has 0 radical (unpaired) electrons. The lowest BCUT2D eigenvalue weighted by Gasteiger charge is -2.21. The van der Waals surface area contributed by atoms with Crippen LogP contribution in [0.5, 0.6) is 0 Å². The molecule has 2 aliphatic carbocycles. The predicted molar refractivity (Wildman–Crippen MR) is 175 cm³/mol. The van der Waals surface area contributed by atoms with Crippen molar-refractivity contribution < 1.29 is 4.57 Å². The fourth-order valence-electron chi connectivity index (χ4n) is 5.14. The Kier molecular flexibility index (Phi) is 14.0. The zero-order chi connectivity index (χ0) is 28.1. The summed E-state index contributed by atoms with van der Waals surface area (Å²) in [5, 5.41) is 2.63. The number of rotatable bonds is 8. The van der Waals surface area contributed by atoms with Crippen LogP contribution in [0.4, 0.5) is 0 Å². The molecule has 3 aliphatic rings. The highest BCUT2D eigenvalue weighted by atomic mass is 32.2. The number of hydrogen-bond acceptors (Lipinski definition) is 3. The predicted octanol–water partition coefficient (Wildman–Crippen LogP) is 10.7. The maximum absolute atomic E-state index is 4.01. The molecule has 0 aromatic carbocycles. The molecule has 206 valence electrons. The second kappa shape index (κ2) is 16.6. The standard InChI is InChI=1S/C30H37N2S2.2C2H6/c1-6-24-22(18-20-29-31(9-4)25(7-2)27(8-3)33-29)14-13-15-23(24)19-21-30-32(10-5)26-16-11-12-17-28(26)34-30;2*1-2/h7-8,16-21H,2-3,6,9-15H2,1,4-5H3;2*1-2H3/q+1;;. The molecule has 38 heavy (non-hydrogen) atoms. The second-order valence-corrected chi connectivity index (χ2v) is 10.8. The van der Waals surface area contributed by atoms with Gasteiger partial charge in [-0.1, -0.05) is 95.2 Å². The van der Waals surface area contributed by atoms with E-state index in [9.17, 15) is 0 Å². The molecule has 1 saturated heterocycles. The summed E-state index contributed by atoms with van der Waals surface area (Å²) in [6.45, 7) is 24.7. The van der Waals surface area contributed by atoms with Crippen molar-refractivity contribution in [2.45, 2.75) is 93.5 Å². The molecular weight excluding hydrogens is 501 g/mol. The van der Waals surface area contributed by atoms with E-state index < -0.39 is 0 Å². The molecule has 0 amide bonds. The van der Waals surface area contributed by atoms with E-state index in [1.165, 1.54) is 67.2 Å². The van der Waals surface area contributed by atoms with Gasteiger partial charge in [0.25, 0.3) is 5.01 Å². The van der Waals surface area contributed by atoms with E-state index >= 15 is 0 Å². The highest BCUT2D eigenvalue weighted by Gasteiger charge is 2.27. The fraction of sp³-hybridized carbons (Fsp3) is 0.441. The van der Waals surface area contributed by atoms with E-state index in [1.807, 2.05) is 51.6 Å². The fourth-order valence-corrected chi connectivity index (χ4v) is 7.41. The van der Waals surface area contributed by atoms with Gasteiger partial charge in [-0.15, -0.1) is 0 Å². The van der Waals surface area contributed by atoms with Gasteiger partial charge in [-0.05, 0) is 81.2 Å². The van der Waals surface area contributed by atoms with E-state index in [4.69, 9.17) is 0 Å². The molecule has 1 fully saturated rings. The third kappa shape index (κ3) is 7.21. The van der Waals surface area contributed by atoms with Crippen molar-refractivity contribution >= 4 is 41.3 Å². The van der Waals surface area contributed by atoms with E-state index in [1.54, 1.807) is 11.3 Å². The second-order valence-electron chi connectivity index (χ2n) is 8.66. The van der Waals surface area contributed by atoms with Crippen molar-refractivity contribution in [1.29, 1.82) is 0 Å². The molecule has 0 spiro atoms. The van der Waals surface area contributed by atoms with Crippen LogP contribution in [0, 0.1) is 0 Å². The largest absolute Gasteiger partial charge is 0.336 e. The van der Waals surface area contributed by atoms with Crippen LogP contribution in [0.2, 0.25) is 0 Å². The van der Waals surface area contributed by atoms with Gasteiger partial charge in [-0.2, -0.15) is 4.57 Å². The number of hydrogen-bond donors (Lipinski definition) is 0. The van der Waals surface area contributed by atoms with E-state index in [0.29, 0.717) is 0 Å². The van der Waals surface area contributed by atoms with Crippen LogP contribution in [-0.2, 0) is 6.54 Å². The zero-order valence-corrected chi connectivity index (χ0v) is 26.5. The van der Waals surface area contributed by atoms with Crippen LogP contribution in [0.3, 0.4) is 0 Å². The Hall–Kier alpha value is -2.30. The molecule has 0 unspecified atom stereocenters. The Morgan fingerprint density at radius 1 is 0.947 bits per heavy atom. The molecule has 0 saturated carbocycles. The molecule has 0 atom stereocenters. The summed E-state index contributed by atoms with van der Waals surface area (Å²) >= 11 is 3.73. The van der Waals surface area contributed by atoms with E-state index in [0.717, 1.165) is 32.4 Å². The van der Waals surface area contributed by atoms with Gasteiger partial charge in [0, 0.05) is 23.6 Å². The van der Waals surface area contributed by atoms with Crippen molar-refractivity contribution in [2.24, 2.45) is 0 Å². The molecule has 0 N–H and O–H groups in total. The SMILES string of the molecule is C=Cc1sc(/C=C/C2=C(CC)C(=C/C=C3\SC4=CCCC=C4N3CC)/CCC2)[n+](CC)c1C=C.CC.CC. The van der Waals surface area contributed by atoms with Crippen molar-refractivity contribution in [3.05, 3.63) is 91.5 Å². The molecule has 4 heteroatoms. The number of aromatic nitrogens is 1. The Morgan fingerprint density at radius 2 is 1.68 bits per heavy atom. The molecule has 4 rings (SSSR count). The topological polar surface area (TPSA) is 7.12 Å². The first kappa shape index (κ1) is 31.9. The third-order valence-corrected chi connectivity index (χ3v) is 9.09. The summed E-state index contributed by atoms with van der Waals surface area (Å²) in [7, 11) is 0. The number of fused-ring (bicyclic) bond motifs is 1. The van der Waals surface area contributed by atoms with Gasteiger partial charge in [0.15, 0.2) is 0 Å². The van der Waals surface area contributed by atoms with Crippen molar-refractivity contribution in [3.8, 4) is 0 Å². The van der Waals surface area contributed by atoms with Gasteiger partial charge in [-0.25, -0.2) is 0 Å². The summed E-state index contributed by atoms with van der Waals surface area (Å²) in [4.78, 5) is 5.10. The lowest BCUT2D eigenvalue weighted by molar-refractivity contribution is -0.692. The molecule has 1 aliphatic heterocycles. The summed E-state index contributed by atoms with van der Waals surface area (Å²) in [6.07, 6.45) is 25.1. The maximum atomic E-state index is 4.01. The maximum Gasteiger partial charge on any atom is 0.262 e. The number of likely N-dealkylation sites (N-methyl/N-ethyl adjacent to an activating group) is 1. The van der Waals surface area contributed by atoms with E-state index in [-0.39, 0.29) is 0 Å². The zero-order valence-electron chi connectivity index (χ0n) is 24.9. The van der Waals surface area contributed by atoms with Gasteiger partial charge < -0.3 is 4.90 Å². The van der Waals surface area contributed by atoms with Crippen LogP contribution in [0.15, 0.2) is 75.9 Å². The average molecular weight is 550 g/mol. The number of thiazole rings is 1. The van der Waals surface area contributed by atoms with E-state index in [2.05, 4.69) is 79.9 Å². The van der Waals surface area contributed by atoms with Crippen molar-refractivity contribution in [2.75, 3.05) is 6.54 Å². The molecule has 2 nitrogen and oxygen atoms in total. The van der Waals surface area contributed by atoms with Crippen LogP contribution in [0.1, 0.15) is 103 Å². The van der Waals surface area contributed by atoms with Crippen LogP contribution >= 0.6 is 23.1 Å². The Morgan fingerprint density at radius 3 is 2.32 bits per heavy atom. The molecule has 1 aromatic rings. The minimum atomic E-state index is 0.933. The van der Waals surface area contributed by atoms with Crippen molar-refractivity contribution in [3.63, 3.8) is 0 Å². The summed E-state index contributed by atoms with van der Waals surface area (Å²) in [6, 6.07) is 0. The average Bonchev–Trinajstić information content (AvgIpc) is 3.53. The van der Waals surface area contributed by atoms with Crippen molar-refractivity contribution in [1.82, 2.24) is 4.90 Å². The lowest BCUT2D eigenvalue weighted by atomic mass is 9.85. The lowest BCUT2D eigenvalue weighted by Crippen LogP contribution is -2.36. The third-order valence-electron chi connectivity index (χ3n) is 6.77. The molecule has 1 aromatic heterocycles. The normalized spacial score (nSPS) is 19.0. The monoisotopic (exact) mass is 549 g/mol. The van der Waals surface area contributed by atoms with Gasteiger partial charge in [0.2, 0.25) is 5.69 Å². The first-order valence-corrected chi connectivity index (χ1v) is 16.3. The quantitative estimate of drug-likeness (QED) is 0.298. The van der Waals surface area contributed by atoms with Gasteiger partial charge >= 0.3 is 0 Å². The van der Waals surface area contributed by atoms with Crippen LogP contribution in [-0.4, -0.2) is 11.4 Å². The Balaban J connectivity index is 0.00000121. The summed E-state index contributed by atoms with van der Waals surface area (Å²) < 4.78 is 2.33. The summed E-state index contributed by atoms with van der Waals surface area (Å²) in [5.74, 6) is 0. The molecule has 2 heterocycles. The van der Waals surface area contributed by atoms with Crippen LogP contribution < -0.4 is 4.57 Å². The smallest absolute Gasteiger partial charge is 0.262 e. The highest BCUT2D eigenvalue weighted by molar-refractivity contribution is 8.07. The molecular formula is C34H49N2S2+. The van der Waals surface area contributed by atoms with Gasteiger partial charge in [-0.3, -0.25) is 0 Å². The van der Waals surface area contributed by atoms with Gasteiger partial charge in [0.05, 0.1) is 10.7 Å². The number of thioether (sulfide) groups is 1. The number of nitrogens with zero attached hydrogens (tertiary/aromatic N) is 2. The summed E-state index contributed by atoms with van der Waals surface area (Å²) in [5.41, 5.74) is 7.10. The number of allylic oxidation sites excluding steroid dienone is 8. The Bertz CT molecular complexity index is 1150. The Labute approximate surface area is 241 Å². The minimum absolute atomic E-state index is 0.933. The highest BCUT2D eigenvalue weighted by Crippen LogP contribution is 2.46. The molecule has 0 bridgehead atoms. The van der Waals surface area contributed by atoms with Crippen LogP contribution in [0.25, 0.3) is 18.2 Å².